The molecule has 4 atom stereocenters. The fourth-order valence-corrected chi connectivity index (χ4v) is 1.83. The van der Waals surface area contributed by atoms with E-state index in [0.29, 0.717) is 11.1 Å². The molecule has 0 heterocycles. The average molecular weight is 482 g/mol. The van der Waals surface area contributed by atoms with Crippen LogP contribution >= 0.6 is 0 Å². The standard InChI is InChI=1S/2C7H6O2.C6H12O7.Ca.2H/c2*8-7(9)6-4-2-1-3-5-6;7-1-2(8)3(9)4(10)5(11)6(12)13;;;/h2*1-5H,(H,8,9);2-5,7-11H,1H2,(H,12,13);;;/q;;;+2;2*-1/t;;2-,3-,4+,5-;;;/m..1.../s1. The zero-order chi connectivity index (χ0) is 24.0. The summed E-state index contributed by atoms with van der Waals surface area (Å²) < 4.78 is 0. The van der Waals surface area contributed by atoms with Gasteiger partial charge in [0.2, 0.25) is 0 Å². The number of rotatable bonds is 7. The molecule has 2 rings (SSSR count). The maximum Gasteiger partial charge on any atom is 2.00 e. The first-order valence-corrected chi connectivity index (χ1v) is 8.65. The van der Waals surface area contributed by atoms with Crippen molar-refractivity contribution in [3.05, 3.63) is 71.8 Å². The van der Waals surface area contributed by atoms with Crippen LogP contribution in [0, 0.1) is 0 Å². The van der Waals surface area contributed by atoms with Crippen molar-refractivity contribution in [1.29, 1.82) is 0 Å². The van der Waals surface area contributed by atoms with Crippen molar-refractivity contribution in [2.24, 2.45) is 0 Å². The molecule has 0 saturated heterocycles. The van der Waals surface area contributed by atoms with Crippen LogP contribution in [0.1, 0.15) is 23.6 Å². The van der Waals surface area contributed by atoms with Gasteiger partial charge in [-0.15, -0.1) is 0 Å². The SMILES string of the molecule is O=C(O)[C@H](O)[C@@H](O)[C@H](O)[C@H](O)CO.O=C(O)c1ccccc1.O=C(O)c1ccccc1.[Ca+2].[H-].[H-]. The molecule has 0 aliphatic rings. The Hall–Kier alpha value is -2.09. The van der Waals surface area contributed by atoms with E-state index >= 15 is 0 Å². The number of aliphatic carboxylic acids is 1. The third-order valence-electron chi connectivity index (χ3n) is 3.55. The van der Waals surface area contributed by atoms with Crippen molar-refractivity contribution in [2.75, 3.05) is 6.61 Å². The minimum absolute atomic E-state index is 0. The second-order valence-electron chi connectivity index (χ2n) is 5.86. The van der Waals surface area contributed by atoms with Crippen LogP contribution < -0.4 is 0 Å². The van der Waals surface area contributed by atoms with Gasteiger partial charge in [-0.3, -0.25) is 0 Å². The Morgan fingerprint density at radius 2 is 1.03 bits per heavy atom. The first-order valence-electron chi connectivity index (χ1n) is 8.65. The molecular weight excluding hydrogens is 456 g/mol. The molecule has 0 bridgehead atoms. The molecule has 2 aromatic carbocycles. The Morgan fingerprint density at radius 3 is 1.25 bits per heavy atom. The molecule has 12 heteroatoms. The van der Waals surface area contributed by atoms with Gasteiger partial charge in [0, 0.05) is 0 Å². The van der Waals surface area contributed by atoms with Gasteiger partial charge in [-0.05, 0) is 24.3 Å². The average Bonchev–Trinajstić information content (AvgIpc) is 2.78. The first-order chi connectivity index (χ1) is 14.5. The number of benzene rings is 2. The number of aliphatic hydroxyl groups is 5. The van der Waals surface area contributed by atoms with Crippen LogP contribution in [0.5, 0.6) is 0 Å². The molecule has 0 saturated carbocycles. The summed E-state index contributed by atoms with van der Waals surface area (Å²) in [4.78, 5) is 30.5. The quantitative estimate of drug-likeness (QED) is 0.227. The molecule has 174 valence electrons. The van der Waals surface area contributed by atoms with Crippen molar-refractivity contribution in [2.45, 2.75) is 24.4 Å². The Morgan fingerprint density at radius 1 is 0.688 bits per heavy atom. The van der Waals surface area contributed by atoms with Gasteiger partial charge in [-0.1, -0.05) is 36.4 Å². The van der Waals surface area contributed by atoms with Gasteiger partial charge in [0.25, 0.3) is 0 Å². The van der Waals surface area contributed by atoms with Crippen molar-refractivity contribution in [1.82, 2.24) is 0 Å². The monoisotopic (exact) mass is 482 g/mol. The first kappa shape index (κ1) is 32.1. The molecule has 11 nitrogen and oxygen atoms in total. The second kappa shape index (κ2) is 17.5. The van der Waals surface area contributed by atoms with Crippen LogP contribution in [0.25, 0.3) is 0 Å². The zero-order valence-electron chi connectivity index (χ0n) is 18.8. The molecule has 32 heavy (non-hydrogen) atoms. The summed E-state index contributed by atoms with van der Waals surface area (Å²) in [5.41, 5.74) is 0.662. The molecule has 2 aromatic rings. The van der Waals surface area contributed by atoms with Crippen molar-refractivity contribution in [3.8, 4) is 0 Å². The fourth-order valence-electron chi connectivity index (χ4n) is 1.83. The molecule has 0 radical (unpaired) electrons. The zero-order valence-corrected chi connectivity index (χ0v) is 19.0. The Balaban J connectivity index is -0.000000194. The summed E-state index contributed by atoms with van der Waals surface area (Å²) in [6, 6.07) is 16.6. The molecule has 0 amide bonds. The van der Waals surface area contributed by atoms with Crippen molar-refractivity contribution in [3.63, 3.8) is 0 Å². The Labute approximate surface area is 215 Å². The molecular formula is C20H26CaO11. The smallest absolute Gasteiger partial charge is 1.00 e. The molecule has 0 unspecified atom stereocenters. The molecule has 0 spiro atoms. The third kappa shape index (κ3) is 12.7. The normalized spacial score (nSPS) is 13.3. The van der Waals surface area contributed by atoms with E-state index in [1.807, 2.05) is 0 Å². The third-order valence-corrected chi connectivity index (χ3v) is 3.55. The summed E-state index contributed by atoms with van der Waals surface area (Å²) in [5, 5.41) is 68.6. The molecule has 8 N–H and O–H groups in total. The predicted molar refractivity (Wildman–Crippen MR) is 114 cm³/mol. The Bertz CT molecular complexity index is 763. The van der Waals surface area contributed by atoms with E-state index in [1.54, 1.807) is 60.7 Å². The van der Waals surface area contributed by atoms with Crippen LogP contribution in [0.15, 0.2) is 60.7 Å². The van der Waals surface area contributed by atoms with E-state index in [0.717, 1.165) is 0 Å². The molecule has 0 aromatic heterocycles. The van der Waals surface area contributed by atoms with Gasteiger partial charge in [-0.25, -0.2) is 14.4 Å². The van der Waals surface area contributed by atoms with Crippen molar-refractivity contribution >= 4 is 55.6 Å². The van der Waals surface area contributed by atoms with E-state index < -0.39 is 48.9 Å². The van der Waals surface area contributed by atoms with E-state index in [2.05, 4.69) is 0 Å². The van der Waals surface area contributed by atoms with E-state index in [9.17, 15) is 14.4 Å². The topological polar surface area (TPSA) is 213 Å². The van der Waals surface area contributed by atoms with E-state index in [-0.39, 0.29) is 40.6 Å². The molecule has 0 aliphatic carbocycles. The summed E-state index contributed by atoms with van der Waals surface area (Å²) in [7, 11) is 0. The van der Waals surface area contributed by atoms with Gasteiger partial charge in [0.05, 0.1) is 17.7 Å². The van der Waals surface area contributed by atoms with Crippen LogP contribution in [0.2, 0.25) is 0 Å². The van der Waals surface area contributed by atoms with Crippen LogP contribution in [0.3, 0.4) is 0 Å². The van der Waals surface area contributed by atoms with Crippen LogP contribution in [0.4, 0.5) is 0 Å². The van der Waals surface area contributed by atoms with E-state index in [1.165, 1.54) is 0 Å². The maximum absolute atomic E-state index is 10.2. The van der Waals surface area contributed by atoms with E-state index in [4.69, 9.17) is 40.9 Å². The van der Waals surface area contributed by atoms with Gasteiger partial charge in [0.15, 0.2) is 6.10 Å². The molecule has 0 fully saturated rings. The fraction of sp³-hybridized carbons (Fsp3) is 0.250. The summed E-state index contributed by atoms with van der Waals surface area (Å²) in [5.74, 6) is -3.48. The van der Waals surface area contributed by atoms with Crippen LogP contribution in [-0.4, -0.2) is 128 Å². The van der Waals surface area contributed by atoms with Gasteiger partial charge < -0.3 is 43.7 Å². The second-order valence-corrected chi connectivity index (χ2v) is 5.86. The number of hydrogen-bond acceptors (Lipinski definition) is 8. The minimum Gasteiger partial charge on any atom is -1.00 e. The summed E-state index contributed by atoms with van der Waals surface area (Å²) in [6.07, 6.45) is -7.84. The van der Waals surface area contributed by atoms with Crippen molar-refractivity contribution < 1.29 is 58.1 Å². The van der Waals surface area contributed by atoms with Gasteiger partial charge >= 0.3 is 55.6 Å². The maximum atomic E-state index is 10.2. The minimum atomic E-state index is -2.20. The largest absolute Gasteiger partial charge is 2.00 e. The number of carboxylic acid groups (broad SMARTS) is 3. The summed E-state index contributed by atoms with van der Waals surface area (Å²) >= 11 is 0. The number of aromatic carboxylic acids is 2. The van der Waals surface area contributed by atoms with Crippen LogP contribution in [-0.2, 0) is 4.79 Å². The Kier molecular flexibility index (Phi) is 17.5. The molecule has 0 aliphatic heterocycles. The van der Waals surface area contributed by atoms with Gasteiger partial charge in [0.1, 0.15) is 18.3 Å². The number of carbonyl (C=O) groups is 3. The van der Waals surface area contributed by atoms with Gasteiger partial charge in [-0.2, -0.15) is 0 Å². The number of hydrogen-bond donors (Lipinski definition) is 8. The predicted octanol–water partition coefficient (Wildman–Crippen LogP) is -0.879. The number of aliphatic hydroxyl groups excluding tert-OH is 5. The summed E-state index contributed by atoms with van der Waals surface area (Å²) in [6.45, 7) is -0.843. The number of carboxylic acids is 3.